The molecule has 2 aromatic carbocycles. The highest BCUT2D eigenvalue weighted by Gasteiger charge is 2.10. The van der Waals surface area contributed by atoms with E-state index in [0.717, 1.165) is 49.4 Å². The van der Waals surface area contributed by atoms with Crippen molar-refractivity contribution in [3.63, 3.8) is 0 Å². The van der Waals surface area contributed by atoms with Gasteiger partial charge in [0.05, 0.1) is 25.5 Å². The second-order valence-electron chi connectivity index (χ2n) is 5.95. The van der Waals surface area contributed by atoms with Crippen molar-refractivity contribution in [1.82, 2.24) is 10.3 Å². The third-order valence-corrected chi connectivity index (χ3v) is 3.86. The molecule has 1 aliphatic rings. The zero-order valence-electron chi connectivity index (χ0n) is 15.0. The monoisotopic (exact) mass is 355 g/mol. The number of morpholine rings is 1. The summed E-state index contributed by atoms with van der Waals surface area (Å²) in [5, 5.41) is 3.16. The van der Waals surface area contributed by atoms with E-state index in [1.807, 2.05) is 42.5 Å². The average molecular weight is 355 g/mol. The molecule has 6 heteroatoms. The summed E-state index contributed by atoms with van der Waals surface area (Å²) < 4.78 is 16.3. The number of nitrogens with two attached hydrogens (primary N) is 1. The van der Waals surface area contributed by atoms with Gasteiger partial charge in [-0.15, -0.1) is 0 Å². The summed E-state index contributed by atoms with van der Waals surface area (Å²) in [4.78, 5) is 4.45. The number of anilines is 1. The van der Waals surface area contributed by atoms with Crippen molar-refractivity contribution in [2.45, 2.75) is 13.3 Å². The van der Waals surface area contributed by atoms with Crippen LogP contribution in [0, 0.1) is 0 Å². The SMILES string of the molecule is C1COCCN1.CCCOc1ccc(-c2nc3ccccc3o2)cc1N. The van der Waals surface area contributed by atoms with Gasteiger partial charge in [-0.3, -0.25) is 0 Å². The first kappa shape index (κ1) is 18.2. The molecule has 2 heterocycles. The Bertz CT molecular complexity index is 784. The maximum absolute atomic E-state index is 6.00. The molecule has 0 radical (unpaired) electrons. The van der Waals surface area contributed by atoms with E-state index in [9.17, 15) is 0 Å². The summed E-state index contributed by atoms with van der Waals surface area (Å²) >= 11 is 0. The maximum Gasteiger partial charge on any atom is 0.227 e. The molecular formula is C20H25N3O3. The van der Waals surface area contributed by atoms with Crippen molar-refractivity contribution in [2.75, 3.05) is 38.6 Å². The van der Waals surface area contributed by atoms with Gasteiger partial charge in [0.2, 0.25) is 5.89 Å². The van der Waals surface area contributed by atoms with Crippen molar-refractivity contribution in [3.05, 3.63) is 42.5 Å². The first-order chi connectivity index (χ1) is 12.8. The van der Waals surface area contributed by atoms with Crippen LogP contribution in [0.3, 0.4) is 0 Å². The fraction of sp³-hybridized carbons (Fsp3) is 0.350. The predicted molar refractivity (Wildman–Crippen MR) is 103 cm³/mol. The van der Waals surface area contributed by atoms with Crippen LogP contribution in [0.5, 0.6) is 5.75 Å². The fourth-order valence-electron chi connectivity index (χ4n) is 2.54. The van der Waals surface area contributed by atoms with Gasteiger partial charge < -0.3 is 24.9 Å². The number of nitrogens with zero attached hydrogens (tertiary/aromatic N) is 1. The molecular weight excluding hydrogens is 330 g/mol. The molecule has 4 rings (SSSR count). The molecule has 6 nitrogen and oxygen atoms in total. The number of fused-ring (bicyclic) bond motifs is 1. The molecule has 0 unspecified atom stereocenters. The molecule has 0 aliphatic carbocycles. The summed E-state index contributed by atoms with van der Waals surface area (Å²) in [7, 11) is 0. The van der Waals surface area contributed by atoms with Crippen LogP contribution in [0.2, 0.25) is 0 Å². The molecule has 1 aliphatic heterocycles. The Morgan fingerprint density at radius 3 is 2.58 bits per heavy atom. The van der Waals surface area contributed by atoms with E-state index in [2.05, 4.69) is 17.2 Å². The Morgan fingerprint density at radius 2 is 1.96 bits per heavy atom. The quantitative estimate of drug-likeness (QED) is 0.697. The van der Waals surface area contributed by atoms with Crippen LogP contribution in [0.1, 0.15) is 13.3 Å². The van der Waals surface area contributed by atoms with Gasteiger partial charge in [-0.1, -0.05) is 19.1 Å². The summed E-state index contributed by atoms with van der Waals surface area (Å²) in [6, 6.07) is 13.3. The summed E-state index contributed by atoms with van der Waals surface area (Å²) in [6.07, 6.45) is 0.951. The minimum absolute atomic E-state index is 0.569. The van der Waals surface area contributed by atoms with Gasteiger partial charge in [-0.2, -0.15) is 0 Å². The van der Waals surface area contributed by atoms with Gasteiger partial charge in [0.15, 0.2) is 5.58 Å². The van der Waals surface area contributed by atoms with Gasteiger partial charge in [-0.05, 0) is 36.8 Å². The number of para-hydroxylation sites is 2. The first-order valence-corrected chi connectivity index (χ1v) is 8.94. The number of rotatable bonds is 4. The summed E-state index contributed by atoms with van der Waals surface area (Å²) in [6.45, 7) is 6.55. The van der Waals surface area contributed by atoms with E-state index in [0.29, 0.717) is 23.9 Å². The van der Waals surface area contributed by atoms with E-state index in [1.54, 1.807) is 0 Å². The smallest absolute Gasteiger partial charge is 0.227 e. The fourth-order valence-corrected chi connectivity index (χ4v) is 2.54. The molecule has 1 aromatic heterocycles. The van der Waals surface area contributed by atoms with Crippen LogP contribution in [-0.2, 0) is 4.74 Å². The molecule has 3 N–H and O–H groups in total. The van der Waals surface area contributed by atoms with E-state index in [1.165, 1.54) is 0 Å². The van der Waals surface area contributed by atoms with E-state index < -0.39 is 0 Å². The van der Waals surface area contributed by atoms with Gasteiger partial charge in [0, 0.05) is 18.7 Å². The lowest BCUT2D eigenvalue weighted by atomic mass is 10.2. The van der Waals surface area contributed by atoms with Crippen molar-refractivity contribution in [1.29, 1.82) is 0 Å². The van der Waals surface area contributed by atoms with Gasteiger partial charge in [0.1, 0.15) is 11.3 Å². The standard InChI is InChI=1S/C16H16N2O2.C4H9NO/c1-2-9-19-14-8-7-11(10-12(14)17)16-18-13-5-3-4-6-15(13)20-16;1-3-6-4-2-5-1/h3-8,10H,2,9,17H2,1H3;5H,1-4H2. The molecule has 1 saturated heterocycles. The van der Waals surface area contributed by atoms with Crippen molar-refractivity contribution in [2.24, 2.45) is 0 Å². The van der Waals surface area contributed by atoms with Gasteiger partial charge in [-0.25, -0.2) is 4.98 Å². The minimum atomic E-state index is 0.569. The van der Waals surface area contributed by atoms with E-state index in [4.69, 9.17) is 19.6 Å². The van der Waals surface area contributed by atoms with Gasteiger partial charge >= 0.3 is 0 Å². The molecule has 0 saturated carbocycles. The lowest BCUT2D eigenvalue weighted by molar-refractivity contribution is 0.109. The normalized spacial score (nSPS) is 13.9. The molecule has 0 bridgehead atoms. The zero-order valence-corrected chi connectivity index (χ0v) is 15.0. The van der Waals surface area contributed by atoms with E-state index >= 15 is 0 Å². The maximum atomic E-state index is 6.00. The van der Waals surface area contributed by atoms with Crippen molar-refractivity contribution < 1.29 is 13.9 Å². The van der Waals surface area contributed by atoms with Crippen LogP contribution < -0.4 is 15.8 Å². The van der Waals surface area contributed by atoms with Crippen molar-refractivity contribution in [3.8, 4) is 17.2 Å². The highest BCUT2D eigenvalue weighted by atomic mass is 16.5. The average Bonchev–Trinajstić information content (AvgIpc) is 3.13. The Balaban J connectivity index is 0.000000278. The Labute approximate surface area is 153 Å². The number of hydrogen-bond acceptors (Lipinski definition) is 6. The lowest BCUT2D eigenvalue weighted by Gasteiger charge is -2.10. The Hall–Kier alpha value is -2.57. The number of hydrogen-bond donors (Lipinski definition) is 2. The molecule has 138 valence electrons. The highest BCUT2D eigenvalue weighted by Crippen LogP contribution is 2.30. The zero-order chi connectivity index (χ0) is 18.2. The van der Waals surface area contributed by atoms with Crippen LogP contribution in [0.25, 0.3) is 22.6 Å². The molecule has 26 heavy (non-hydrogen) atoms. The third-order valence-electron chi connectivity index (χ3n) is 3.86. The van der Waals surface area contributed by atoms with Crippen LogP contribution in [0.4, 0.5) is 5.69 Å². The van der Waals surface area contributed by atoms with Crippen LogP contribution in [-0.4, -0.2) is 37.9 Å². The summed E-state index contributed by atoms with van der Waals surface area (Å²) in [5.41, 5.74) is 9.06. The Morgan fingerprint density at radius 1 is 1.15 bits per heavy atom. The molecule has 3 aromatic rings. The lowest BCUT2D eigenvalue weighted by Crippen LogP contribution is -2.30. The number of aromatic nitrogens is 1. The minimum Gasteiger partial charge on any atom is -0.491 e. The van der Waals surface area contributed by atoms with Crippen molar-refractivity contribution >= 4 is 16.8 Å². The third kappa shape index (κ3) is 4.74. The topological polar surface area (TPSA) is 82.5 Å². The highest BCUT2D eigenvalue weighted by molar-refractivity contribution is 5.77. The number of nitrogens with one attached hydrogen (secondary N) is 1. The Kier molecular flexibility index (Phi) is 6.46. The number of ether oxygens (including phenoxy) is 2. The predicted octanol–water partition coefficient (Wildman–Crippen LogP) is 3.47. The molecule has 0 spiro atoms. The number of benzene rings is 2. The largest absolute Gasteiger partial charge is 0.491 e. The van der Waals surface area contributed by atoms with Crippen LogP contribution in [0.15, 0.2) is 46.9 Å². The second kappa shape index (κ2) is 9.22. The molecule has 0 amide bonds. The van der Waals surface area contributed by atoms with Gasteiger partial charge in [0.25, 0.3) is 0 Å². The first-order valence-electron chi connectivity index (χ1n) is 8.94. The van der Waals surface area contributed by atoms with Crippen LogP contribution >= 0.6 is 0 Å². The van der Waals surface area contributed by atoms with E-state index in [-0.39, 0.29) is 0 Å². The number of oxazole rings is 1. The second-order valence-corrected chi connectivity index (χ2v) is 5.95. The summed E-state index contributed by atoms with van der Waals surface area (Å²) in [5.74, 6) is 1.27. The molecule has 1 fully saturated rings. The molecule has 0 atom stereocenters. The number of nitrogen functional groups attached to an aromatic ring is 1.